The summed E-state index contributed by atoms with van der Waals surface area (Å²) in [4.78, 5) is 0. The Hall–Kier alpha value is -0.0800. The Labute approximate surface area is 112 Å². The van der Waals surface area contributed by atoms with Crippen molar-refractivity contribution < 1.29 is 9.84 Å². The maximum Gasteiger partial charge on any atom is 0.0687 e. The fourth-order valence-corrected chi connectivity index (χ4v) is 4.47. The summed E-state index contributed by atoms with van der Waals surface area (Å²) in [6, 6.07) is 0. The van der Waals surface area contributed by atoms with E-state index in [9.17, 15) is 5.11 Å². The van der Waals surface area contributed by atoms with E-state index in [2.05, 4.69) is 55.4 Å². The second kappa shape index (κ2) is 3.52. The highest BCUT2D eigenvalue weighted by Crippen LogP contribution is 2.71. The lowest BCUT2D eigenvalue weighted by Crippen LogP contribution is -2.38. The van der Waals surface area contributed by atoms with Crippen molar-refractivity contribution in [1.82, 2.24) is 0 Å². The predicted octanol–water partition coefficient (Wildman–Crippen LogP) is 3.62. The standard InChI is InChI=1S/C16H30O2/c1-13(2)9-10(16(7,8)18-13)11(17)12-14(3,4)15(12,5)6/h10-12,17H,9H2,1-8H3. The summed E-state index contributed by atoms with van der Waals surface area (Å²) < 4.78 is 6.12. The van der Waals surface area contributed by atoms with Crippen LogP contribution in [0.2, 0.25) is 0 Å². The molecule has 0 spiro atoms. The molecule has 1 saturated heterocycles. The number of aliphatic hydroxyl groups is 1. The van der Waals surface area contributed by atoms with E-state index in [1.165, 1.54) is 0 Å². The van der Waals surface area contributed by atoms with Crippen LogP contribution in [-0.2, 0) is 4.74 Å². The van der Waals surface area contributed by atoms with Gasteiger partial charge in [0.2, 0.25) is 0 Å². The van der Waals surface area contributed by atoms with Gasteiger partial charge in [-0.05, 0) is 50.9 Å². The summed E-state index contributed by atoms with van der Waals surface area (Å²) >= 11 is 0. The quantitative estimate of drug-likeness (QED) is 0.815. The molecular weight excluding hydrogens is 224 g/mol. The minimum atomic E-state index is -0.258. The molecule has 2 nitrogen and oxygen atoms in total. The molecule has 18 heavy (non-hydrogen) atoms. The average molecular weight is 254 g/mol. The van der Waals surface area contributed by atoms with Gasteiger partial charge in [-0.25, -0.2) is 0 Å². The number of aliphatic hydroxyl groups excluding tert-OH is 1. The van der Waals surface area contributed by atoms with Crippen molar-refractivity contribution in [1.29, 1.82) is 0 Å². The molecule has 2 rings (SSSR count). The first-order valence-electron chi connectivity index (χ1n) is 7.21. The number of ether oxygens (including phenoxy) is 1. The summed E-state index contributed by atoms with van der Waals surface area (Å²) in [5.74, 6) is 0.616. The highest BCUT2D eigenvalue weighted by atomic mass is 16.5. The van der Waals surface area contributed by atoms with Crippen LogP contribution >= 0.6 is 0 Å². The van der Waals surface area contributed by atoms with E-state index in [0.29, 0.717) is 5.92 Å². The Balaban J connectivity index is 2.19. The first-order valence-corrected chi connectivity index (χ1v) is 7.21. The van der Waals surface area contributed by atoms with E-state index >= 15 is 0 Å². The molecule has 1 N–H and O–H groups in total. The zero-order valence-corrected chi connectivity index (χ0v) is 13.3. The average Bonchev–Trinajstić information content (AvgIpc) is 2.39. The molecule has 1 aliphatic heterocycles. The first kappa shape index (κ1) is 14.3. The molecule has 2 aliphatic rings. The van der Waals surface area contributed by atoms with Crippen LogP contribution in [-0.4, -0.2) is 22.4 Å². The zero-order valence-electron chi connectivity index (χ0n) is 13.3. The van der Waals surface area contributed by atoms with Crippen LogP contribution in [0.25, 0.3) is 0 Å². The summed E-state index contributed by atoms with van der Waals surface area (Å²) in [5.41, 5.74) is 0.125. The molecular formula is C16H30O2. The summed E-state index contributed by atoms with van der Waals surface area (Å²) in [6.07, 6.45) is 0.691. The highest BCUT2D eigenvalue weighted by Gasteiger charge is 2.69. The Morgan fingerprint density at radius 1 is 0.944 bits per heavy atom. The monoisotopic (exact) mass is 254 g/mol. The van der Waals surface area contributed by atoms with Crippen molar-refractivity contribution in [3.8, 4) is 0 Å². The summed E-state index contributed by atoms with van der Waals surface area (Å²) in [5, 5.41) is 10.8. The zero-order chi connectivity index (χ0) is 14.1. The lowest BCUT2D eigenvalue weighted by molar-refractivity contribution is -0.0912. The van der Waals surface area contributed by atoms with Gasteiger partial charge in [0, 0.05) is 5.92 Å². The fraction of sp³-hybridized carbons (Fsp3) is 1.00. The van der Waals surface area contributed by atoms with Gasteiger partial charge >= 0.3 is 0 Å². The summed E-state index contributed by atoms with van der Waals surface area (Å²) in [7, 11) is 0. The van der Waals surface area contributed by atoms with Gasteiger partial charge in [-0.2, -0.15) is 0 Å². The van der Waals surface area contributed by atoms with Crippen LogP contribution in [0.3, 0.4) is 0 Å². The number of rotatable bonds is 2. The second-order valence-corrected chi connectivity index (χ2v) is 8.69. The Morgan fingerprint density at radius 2 is 1.39 bits per heavy atom. The van der Waals surface area contributed by atoms with Gasteiger partial charge < -0.3 is 9.84 Å². The van der Waals surface area contributed by atoms with Crippen LogP contribution < -0.4 is 0 Å². The van der Waals surface area contributed by atoms with Crippen LogP contribution in [0, 0.1) is 22.7 Å². The van der Waals surface area contributed by atoms with Crippen molar-refractivity contribution in [2.45, 2.75) is 79.1 Å². The molecule has 2 heteroatoms. The predicted molar refractivity (Wildman–Crippen MR) is 74.4 cm³/mol. The lowest BCUT2D eigenvalue weighted by atomic mass is 9.79. The van der Waals surface area contributed by atoms with Crippen LogP contribution in [0.4, 0.5) is 0 Å². The van der Waals surface area contributed by atoms with Gasteiger partial charge in [0.05, 0.1) is 17.3 Å². The van der Waals surface area contributed by atoms with Gasteiger partial charge in [-0.15, -0.1) is 0 Å². The second-order valence-electron chi connectivity index (χ2n) is 8.69. The van der Waals surface area contributed by atoms with E-state index in [-0.39, 0.29) is 34.1 Å². The molecule has 2 unspecified atom stereocenters. The largest absolute Gasteiger partial charge is 0.392 e. The minimum Gasteiger partial charge on any atom is -0.392 e. The molecule has 0 aromatic rings. The molecule has 106 valence electrons. The molecule has 0 radical (unpaired) electrons. The minimum absolute atomic E-state index is 0.113. The fourth-order valence-electron chi connectivity index (χ4n) is 4.47. The van der Waals surface area contributed by atoms with Gasteiger partial charge in [-0.1, -0.05) is 27.7 Å². The van der Waals surface area contributed by atoms with E-state index < -0.39 is 0 Å². The van der Waals surface area contributed by atoms with E-state index in [1.807, 2.05) is 0 Å². The molecule has 2 atom stereocenters. The summed E-state index contributed by atoms with van der Waals surface area (Å²) in [6.45, 7) is 17.6. The third-order valence-electron chi connectivity index (χ3n) is 6.03. The van der Waals surface area contributed by atoms with E-state index in [0.717, 1.165) is 6.42 Å². The molecule has 0 bridgehead atoms. The molecule has 1 aliphatic carbocycles. The van der Waals surface area contributed by atoms with E-state index in [4.69, 9.17) is 4.74 Å². The molecule has 0 aromatic carbocycles. The number of hydrogen-bond acceptors (Lipinski definition) is 2. The van der Waals surface area contributed by atoms with Crippen LogP contribution in [0.15, 0.2) is 0 Å². The molecule has 1 saturated carbocycles. The van der Waals surface area contributed by atoms with E-state index in [1.54, 1.807) is 0 Å². The van der Waals surface area contributed by atoms with Crippen LogP contribution in [0.5, 0.6) is 0 Å². The Morgan fingerprint density at radius 3 is 1.67 bits per heavy atom. The normalized spacial score (nSPS) is 37.5. The maximum absolute atomic E-state index is 10.8. The van der Waals surface area contributed by atoms with Crippen molar-refractivity contribution in [2.75, 3.05) is 0 Å². The maximum atomic E-state index is 10.8. The molecule has 0 amide bonds. The van der Waals surface area contributed by atoms with Crippen molar-refractivity contribution in [3.63, 3.8) is 0 Å². The smallest absolute Gasteiger partial charge is 0.0687 e. The van der Waals surface area contributed by atoms with Gasteiger partial charge in [-0.3, -0.25) is 0 Å². The molecule has 0 aromatic heterocycles. The third kappa shape index (κ3) is 1.84. The van der Waals surface area contributed by atoms with Crippen molar-refractivity contribution >= 4 is 0 Å². The van der Waals surface area contributed by atoms with Gasteiger partial charge in [0.1, 0.15) is 0 Å². The van der Waals surface area contributed by atoms with Crippen LogP contribution in [0.1, 0.15) is 61.8 Å². The van der Waals surface area contributed by atoms with Gasteiger partial charge in [0.25, 0.3) is 0 Å². The lowest BCUT2D eigenvalue weighted by Gasteiger charge is -2.31. The van der Waals surface area contributed by atoms with Gasteiger partial charge in [0.15, 0.2) is 0 Å². The SMILES string of the molecule is CC1(C)CC(C(O)C2C(C)(C)C2(C)C)C(C)(C)O1. The molecule has 2 fully saturated rings. The van der Waals surface area contributed by atoms with Crippen molar-refractivity contribution in [2.24, 2.45) is 22.7 Å². The highest BCUT2D eigenvalue weighted by molar-refractivity contribution is 5.17. The Bertz CT molecular complexity index is 338. The molecule has 1 heterocycles. The Kier molecular flexibility index (Phi) is 2.80. The van der Waals surface area contributed by atoms with Crippen molar-refractivity contribution in [3.05, 3.63) is 0 Å². The number of hydrogen-bond donors (Lipinski definition) is 1. The third-order valence-corrected chi connectivity index (χ3v) is 6.03. The topological polar surface area (TPSA) is 29.5 Å². The first-order chi connectivity index (χ1) is 7.83.